The van der Waals surface area contributed by atoms with Crippen LogP contribution in [-0.4, -0.2) is 26.3 Å². The molecule has 1 aromatic heterocycles. The van der Waals surface area contributed by atoms with E-state index in [0.29, 0.717) is 5.39 Å². The van der Waals surface area contributed by atoms with Crippen LogP contribution in [0.4, 0.5) is 0 Å². The summed E-state index contributed by atoms with van der Waals surface area (Å²) in [6.07, 6.45) is 1.27. The number of nitrogens with zero attached hydrogens (tertiary/aromatic N) is 1. The molecule has 1 heterocycles. The van der Waals surface area contributed by atoms with Gasteiger partial charge < -0.3 is 15.3 Å². The second kappa shape index (κ2) is 3.13. The molecule has 0 fully saturated rings. The lowest BCUT2D eigenvalue weighted by molar-refractivity contribution is 0.0693. The third-order valence-corrected chi connectivity index (χ3v) is 2.10. The maximum absolute atomic E-state index is 10.8. The number of pyridine rings is 1. The molecule has 0 aliphatic rings. The number of carbonyl (C=O) groups is 1. The van der Waals surface area contributed by atoms with Crippen molar-refractivity contribution in [2.24, 2.45) is 0 Å². The van der Waals surface area contributed by atoms with Gasteiger partial charge in [0.1, 0.15) is 0 Å². The monoisotopic (exact) mass is 205 g/mol. The number of aromatic hydroxyl groups is 2. The molecule has 0 bridgehead atoms. The summed E-state index contributed by atoms with van der Waals surface area (Å²) in [4.78, 5) is 14.5. The van der Waals surface area contributed by atoms with E-state index in [-0.39, 0.29) is 22.6 Å². The number of aromatic nitrogens is 1. The van der Waals surface area contributed by atoms with Gasteiger partial charge in [-0.1, -0.05) is 0 Å². The highest BCUT2D eigenvalue weighted by atomic mass is 16.4. The Morgan fingerprint density at radius 3 is 2.53 bits per heavy atom. The fourth-order valence-electron chi connectivity index (χ4n) is 1.40. The molecular formula is C10H7NO4. The maximum Gasteiger partial charge on any atom is 0.355 e. The fourth-order valence-corrected chi connectivity index (χ4v) is 1.40. The summed E-state index contributed by atoms with van der Waals surface area (Å²) in [6.45, 7) is 0. The third-order valence-electron chi connectivity index (χ3n) is 2.10. The Balaban J connectivity index is 2.89. The number of hydrogen-bond donors (Lipinski definition) is 3. The number of aromatic carboxylic acids is 1. The molecule has 1 aromatic carbocycles. The molecule has 2 aromatic rings. The number of hydrogen-bond acceptors (Lipinski definition) is 4. The van der Waals surface area contributed by atoms with Crippen LogP contribution in [0.1, 0.15) is 10.5 Å². The first-order chi connectivity index (χ1) is 7.11. The van der Waals surface area contributed by atoms with Crippen molar-refractivity contribution in [3.63, 3.8) is 0 Å². The van der Waals surface area contributed by atoms with E-state index in [1.807, 2.05) is 0 Å². The number of phenols is 2. The van der Waals surface area contributed by atoms with Crippen LogP contribution in [0, 0.1) is 0 Å². The van der Waals surface area contributed by atoms with Gasteiger partial charge in [-0.05, 0) is 18.2 Å². The van der Waals surface area contributed by atoms with Crippen LogP contribution in [0.25, 0.3) is 10.8 Å². The molecule has 0 spiro atoms. The molecule has 76 valence electrons. The Kier molecular flexibility index (Phi) is 1.93. The highest BCUT2D eigenvalue weighted by Gasteiger charge is 2.13. The smallest absolute Gasteiger partial charge is 0.355 e. The topological polar surface area (TPSA) is 90.7 Å². The van der Waals surface area contributed by atoms with Crippen LogP contribution in [0.3, 0.4) is 0 Å². The molecule has 5 nitrogen and oxygen atoms in total. The van der Waals surface area contributed by atoms with Crippen molar-refractivity contribution in [3.8, 4) is 11.5 Å². The molecule has 0 saturated carbocycles. The highest BCUT2D eigenvalue weighted by Crippen LogP contribution is 2.33. The van der Waals surface area contributed by atoms with E-state index >= 15 is 0 Å². The molecule has 3 N–H and O–H groups in total. The van der Waals surface area contributed by atoms with Crippen LogP contribution in [0.15, 0.2) is 24.4 Å². The largest absolute Gasteiger partial charge is 0.504 e. The number of phenolic OH excluding ortho intramolecular Hbond substituents is 2. The van der Waals surface area contributed by atoms with Crippen LogP contribution in [0.2, 0.25) is 0 Å². The average Bonchev–Trinajstić information content (AvgIpc) is 2.23. The lowest BCUT2D eigenvalue weighted by atomic mass is 10.1. The number of benzene rings is 1. The maximum atomic E-state index is 10.8. The lowest BCUT2D eigenvalue weighted by Gasteiger charge is -2.04. The molecule has 5 heteroatoms. The standard InChI is InChI=1S/C10H7NO4/c12-7-2-1-5-6(9(7)13)3-4-11-8(5)10(14)15/h1-4,12-13H,(H,14,15). The van der Waals surface area contributed by atoms with Gasteiger partial charge in [0.15, 0.2) is 17.2 Å². The van der Waals surface area contributed by atoms with Crippen molar-refractivity contribution in [1.29, 1.82) is 0 Å². The summed E-state index contributed by atoms with van der Waals surface area (Å²) in [6, 6.07) is 4.07. The van der Waals surface area contributed by atoms with Gasteiger partial charge in [0.05, 0.1) is 0 Å². The van der Waals surface area contributed by atoms with Crippen LogP contribution < -0.4 is 0 Å². The van der Waals surface area contributed by atoms with Gasteiger partial charge in [-0.3, -0.25) is 0 Å². The number of fused-ring (bicyclic) bond motifs is 1. The molecule has 0 aliphatic carbocycles. The molecule has 0 saturated heterocycles. The minimum absolute atomic E-state index is 0.150. The van der Waals surface area contributed by atoms with Crippen molar-refractivity contribution in [2.75, 3.05) is 0 Å². The average molecular weight is 205 g/mol. The summed E-state index contributed by atoms with van der Waals surface area (Å²) in [5, 5.41) is 28.1. The van der Waals surface area contributed by atoms with Crippen molar-refractivity contribution < 1.29 is 20.1 Å². The summed E-state index contributed by atoms with van der Waals surface area (Å²) in [7, 11) is 0. The number of rotatable bonds is 1. The first-order valence-corrected chi connectivity index (χ1v) is 4.14. The molecular weight excluding hydrogens is 198 g/mol. The van der Waals surface area contributed by atoms with Gasteiger partial charge in [0, 0.05) is 17.0 Å². The fraction of sp³-hybridized carbons (Fsp3) is 0. The second-order valence-electron chi connectivity index (χ2n) is 2.99. The Bertz CT molecular complexity index is 550. The molecule has 0 unspecified atom stereocenters. The quantitative estimate of drug-likeness (QED) is 0.611. The molecule has 0 aliphatic heterocycles. The minimum Gasteiger partial charge on any atom is -0.504 e. The lowest BCUT2D eigenvalue weighted by Crippen LogP contribution is -2.00. The number of carboxylic acids is 1. The Morgan fingerprint density at radius 2 is 1.87 bits per heavy atom. The first-order valence-electron chi connectivity index (χ1n) is 4.14. The summed E-state index contributed by atoms with van der Waals surface area (Å²) in [5.74, 6) is -1.80. The predicted octanol–water partition coefficient (Wildman–Crippen LogP) is 1.34. The molecule has 2 rings (SSSR count). The van der Waals surface area contributed by atoms with Gasteiger partial charge in [-0.15, -0.1) is 0 Å². The van der Waals surface area contributed by atoms with E-state index in [1.54, 1.807) is 0 Å². The third kappa shape index (κ3) is 1.34. The van der Waals surface area contributed by atoms with Gasteiger partial charge in [-0.25, -0.2) is 9.78 Å². The first kappa shape index (κ1) is 9.26. The van der Waals surface area contributed by atoms with Crippen molar-refractivity contribution in [3.05, 3.63) is 30.1 Å². The highest BCUT2D eigenvalue weighted by molar-refractivity contribution is 6.04. The Labute approximate surface area is 84.2 Å². The minimum atomic E-state index is -1.18. The van der Waals surface area contributed by atoms with Crippen LogP contribution in [-0.2, 0) is 0 Å². The normalized spacial score (nSPS) is 10.4. The van der Waals surface area contributed by atoms with Crippen molar-refractivity contribution in [2.45, 2.75) is 0 Å². The summed E-state index contributed by atoms with van der Waals surface area (Å²) < 4.78 is 0. The Morgan fingerprint density at radius 1 is 1.13 bits per heavy atom. The molecule has 0 amide bonds. The van der Waals surface area contributed by atoms with Gasteiger partial charge in [0.25, 0.3) is 0 Å². The van der Waals surface area contributed by atoms with Gasteiger partial charge in [0.2, 0.25) is 0 Å². The second-order valence-corrected chi connectivity index (χ2v) is 2.99. The van der Waals surface area contributed by atoms with E-state index in [4.69, 9.17) is 5.11 Å². The van der Waals surface area contributed by atoms with E-state index in [2.05, 4.69) is 4.98 Å². The zero-order valence-corrected chi connectivity index (χ0v) is 7.51. The number of carboxylic acid groups (broad SMARTS) is 1. The molecule has 15 heavy (non-hydrogen) atoms. The molecule has 0 radical (unpaired) electrons. The zero-order chi connectivity index (χ0) is 11.0. The van der Waals surface area contributed by atoms with Crippen LogP contribution in [0.5, 0.6) is 11.5 Å². The van der Waals surface area contributed by atoms with E-state index in [1.165, 1.54) is 24.4 Å². The van der Waals surface area contributed by atoms with Gasteiger partial charge in [-0.2, -0.15) is 0 Å². The predicted molar refractivity (Wildman–Crippen MR) is 52.0 cm³/mol. The van der Waals surface area contributed by atoms with Gasteiger partial charge >= 0.3 is 5.97 Å². The van der Waals surface area contributed by atoms with E-state index < -0.39 is 5.97 Å². The van der Waals surface area contributed by atoms with E-state index in [0.717, 1.165) is 0 Å². The SMILES string of the molecule is O=C(O)c1nccc2c(O)c(O)ccc12. The Hall–Kier alpha value is -2.30. The summed E-state index contributed by atoms with van der Waals surface area (Å²) >= 11 is 0. The zero-order valence-electron chi connectivity index (χ0n) is 7.51. The van der Waals surface area contributed by atoms with E-state index in [9.17, 15) is 15.0 Å². The van der Waals surface area contributed by atoms with Crippen molar-refractivity contribution in [1.82, 2.24) is 4.98 Å². The summed E-state index contributed by atoms with van der Waals surface area (Å²) in [5.41, 5.74) is -0.150. The molecule has 0 atom stereocenters. The van der Waals surface area contributed by atoms with Crippen LogP contribution >= 0.6 is 0 Å². The van der Waals surface area contributed by atoms with Crippen molar-refractivity contribution >= 4 is 16.7 Å².